The molecule has 38 heavy (non-hydrogen) atoms. The number of aromatic nitrogens is 3. The van der Waals surface area contributed by atoms with Gasteiger partial charge in [0.2, 0.25) is 11.8 Å². The number of aliphatic carboxylic acids is 2. The van der Waals surface area contributed by atoms with Gasteiger partial charge >= 0.3 is 11.9 Å². The Balaban J connectivity index is 0.000000505. The molecule has 4 aromatic rings. The van der Waals surface area contributed by atoms with Gasteiger partial charge in [-0.1, -0.05) is 6.07 Å². The monoisotopic (exact) mass is 537 g/mol. The number of carboxylic acids is 2. The first kappa shape index (κ1) is 26.9. The lowest BCUT2D eigenvalue weighted by molar-refractivity contribution is -0.159. The molecule has 198 valence electrons. The molecule has 1 amide bonds. The number of pyridine rings is 2. The number of nitrogens with one attached hydrogen (secondary N) is 2. The maximum absolute atomic E-state index is 12.9. The summed E-state index contributed by atoms with van der Waals surface area (Å²) < 4.78 is 6.44. The number of methoxy groups -OCH3 is 1. The first-order chi connectivity index (χ1) is 18.3. The van der Waals surface area contributed by atoms with E-state index in [-0.39, 0.29) is 11.8 Å². The third kappa shape index (κ3) is 6.78. The average molecular weight is 538 g/mol. The van der Waals surface area contributed by atoms with Crippen molar-refractivity contribution in [3.63, 3.8) is 0 Å². The van der Waals surface area contributed by atoms with Gasteiger partial charge in [0.25, 0.3) is 0 Å². The number of thiazole rings is 1. The number of carboxylic acid groups (broad SMARTS) is 2. The van der Waals surface area contributed by atoms with Crippen molar-refractivity contribution in [3.8, 4) is 5.88 Å². The average Bonchev–Trinajstić information content (AvgIpc) is 3.40. The fraction of sp³-hybridized carbons (Fsp3) is 0.308. The Hall–Kier alpha value is -4.16. The Labute approximate surface area is 221 Å². The molecule has 12 heteroatoms. The Morgan fingerprint density at radius 1 is 1.00 bits per heavy atom. The van der Waals surface area contributed by atoms with Crippen LogP contribution in [-0.2, 0) is 20.9 Å². The molecule has 5 rings (SSSR count). The number of rotatable bonds is 6. The summed E-state index contributed by atoms with van der Waals surface area (Å²) in [7, 11) is 1.58. The molecule has 1 aliphatic carbocycles. The first-order valence-electron chi connectivity index (χ1n) is 12.0. The molecule has 11 nitrogen and oxygen atoms in total. The number of carbonyl (C=O) groups is 3. The van der Waals surface area contributed by atoms with Crippen LogP contribution in [0, 0.1) is 5.92 Å². The maximum Gasteiger partial charge on any atom is 0.414 e. The van der Waals surface area contributed by atoms with Gasteiger partial charge in [0.15, 0.2) is 0 Å². The van der Waals surface area contributed by atoms with E-state index in [1.54, 1.807) is 36.8 Å². The highest BCUT2D eigenvalue weighted by molar-refractivity contribution is 7.16. The highest BCUT2D eigenvalue weighted by Gasteiger charge is 2.26. The van der Waals surface area contributed by atoms with Crippen molar-refractivity contribution in [3.05, 3.63) is 53.7 Å². The number of fused-ring (bicyclic) bond motifs is 2. The molecule has 1 aromatic carbocycles. The molecule has 3 aromatic heterocycles. The molecule has 0 aliphatic heterocycles. The minimum Gasteiger partial charge on any atom is -0.481 e. The minimum absolute atomic E-state index is 0.00762. The third-order valence-electron chi connectivity index (χ3n) is 6.30. The Kier molecular flexibility index (Phi) is 8.77. The van der Waals surface area contributed by atoms with Crippen LogP contribution in [0.5, 0.6) is 5.88 Å². The van der Waals surface area contributed by atoms with E-state index in [1.807, 2.05) is 11.6 Å². The van der Waals surface area contributed by atoms with Gasteiger partial charge in [0, 0.05) is 30.8 Å². The summed E-state index contributed by atoms with van der Waals surface area (Å²) in [6.07, 6.45) is 5.40. The van der Waals surface area contributed by atoms with Crippen LogP contribution in [0.2, 0.25) is 0 Å². The van der Waals surface area contributed by atoms with Crippen molar-refractivity contribution >= 4 is 56.1 Å². The second-order valence-electron chi connectivity index (χ2n) is 8.76. The van der Waals surface area contributed by atoms with E-state index in [1.165, 1.54) is 10.3 Å². The summed E-state index contributed by atoms with van der Waals surface area (Å²) in [5.74, 6) is -3.09. The van der Waals surface area contributed by atoms with Crippen molar-refractivity contribution in [2.24, 2.45) is 5.92 Å². The van der Waals surface area contributed by atoms with Crippen LogP contribution in [0.1, 0.15) is 31.2 Å². The van der Waals surface area contributed by atoms with E-state index in [4.69, 9.17) is 24.5 Å². The highest BCUT2D eigenvalue weighted by atomic mass is 32.1. The summed E-state index contributed by atoms with van der Waals surface area (Å²) in [6, 6.07) is 12.3. The molecule has 1 aliphatic rings. The van der Waals surface area contributed by atoms with Gasteiger partial charge in [-0.2, -0.15) is 0 Å². The number of hydrogen-bond donors (Lipinski definition) is 4. The van der Waals surface area contributed by atoms with Crippen molar-refractivity contribution < 1.29 is 29.3 Å². The lowest BCUT2D eigenvalue weighted by atomic mass is 9.85. The number of hydrogen-bond acceptors (Lipinski definition) is 9. The Morgan fingerprint density at radius 3 is 2.47 bits per heavy atom. The van der Waals surface area contributed by atoms with E-state index in [0.717, 1.165) is 43.3 Å². The summed E-state index contributed by atoms with van der Waals surface area (Å²) in [5, 5.41) is 21.5. The smallest absolute Gasteiger partial charge is 0.414 e. The van der Waals surface area contributed by atoms with Crippen molar-refractivity contribution in [1.82, 2.24) is 20.3 Å². The van der Waals surface area contributed by atoms with E-state index < -0.39 is 11.9 Å². The zero-order valence-electron chi connectivity index (χ0n) is 20.6. The number of amides is 1. The largest absolute Gasteiger partial charge is 0.481 e. The van der Waals surface area contributed by atoms with E-state index in [0.29, 0.717) is 23.1 Å². The summed E-state index contributed by atoms with van der Waals surface area (Å²) in [6.45, 7) is 0.825. The van der Waals surface area contributed by atoms with Gasteiger partial charge in [0.05, 0.1) is 34.0 Å². The molecule has 4 N–H and O–H groups in total. The fourth-order valence-corrected chi connectivity index (χ4v) is 4.95. The maximum atomic E-state index is 12.9. The molecule has 0 atom stereocenters. The van der Waals surface area contributed by atoms with Crippen molar-refractivity contribution in [2.75, 3.05) is 12.4 Å². The van der Waals surface area contributed by atoms with Crippen LogP contribution in [-0.4, -0.2) is 56.2 Å². The number of nitrogens with zero attached hydrogens (tertiary/aromatic N) is 3. The van der Waals surface area contributed by atoms with E-state index >= 15 is 0 Å². The molecular weight excluding hydrogens is 510 g/mol. The third-order valence-corrected chi connectivity index (χ3v) is 7.11. The molecule has 1 saturated carbocycles. The van der Waals surface area contributed by atoms with Gasteiger partial charge in [-0.05, 0) is 55.5 Å². The highest BCUT2D eigenvalue weighted by Crippen LogP contribution is 2.28. The van der Waals surface area contributed by atoms with Gasteiger partial charge in [-0.25, -0.2) is 19.6 Å². The molecule has 0 spiro atoms. The van der Waals surface area contributed by atoms with Gasteiger partial charge in [0.1, 0.15) is 5.52 Å². The first-order valence-corrected chi connectivity index (χ1v) is 12.8. The summed E-state index contributed by atoms with van der Waals surface area (Å²) >= 11 is 1.66. The van der Waals surface area contributed by atoms with Crippen LogP contribution in [0.15, 0.2) is 48.1 Å². The zero-order chi connectivity index (χ0) is 27.1. The Bertz CT molecular complexity index is 1440. The summed E-state index contributed by atoms with van der Waals surface area (Å²) in [4.78, 5) is 44.3. The predicted octanol–water partition coefficient (Wildman–Crippen LogP) is 3.69. The molecule has 1 fully saturated rings. The number of benzene rings is 1. The Morgan fingerprint density at radius 2 is 1.76 bits per heavy atom. The normalized spacial score (nSPS) is 16.9. The van der Waals surface area contributed by atoms with Crippen LogP contribution in [0.4, 0.5) is 5.69 Å². The topological polar surface area (TPSA) is 164 Å². The number of ether oxygens (including phenoxy) is 1. The lowest BCUT2D eigenvalue weighted by Crippen LogP contribution is -2.36. The fourth-order valence-electron chi connectivity index (χ4n) is 4.29. The predicted molar refractivity (Wildman–Crippen MR) is 142 cm³/mol. The molecule has 0 saturated heterocycles. The van der Waals surface area contributed by atoms with Gasteiger partial charge < -0.3 is 25.6 Å². The second kappa shape index (κ2) is 12.4. The van der Waals surface area contributed by atoms with Crippen LogP contribution in [0.3, 0.4) is 0 Å². The van der Waals surface area contributed by atoms with Crippen molar-refractivity contribution in [1.29, 1.82) is 0 Å². The number of carbonyl (C=O) groups excluding carboxylic acids is 1. The van der Waals surface area contributed by atoms with Crippen LogP contribution >= 0.6 is 11.3 Å². The van der Waals surface area contributed by atoms with E-state index in [9.17, 15) is 4.79 Å². The minimum atomic E-state index is -1.82. The standard InChI is InChI=1S/C24H25N5O2S.C2H2O4/c1-31-22-9-7-18-23(29-22)19(10-11-25-18)28-24(30)16-3-5-17(6-4-16)26-13-15-2-8-21-20(12-15)27-14-32-21;3-1(4)2(5)6/h2,7-12,14,16-17,26H,3-6,13H2,1H3,(H,25,28,30);(H,3,4)(H,5,6). The van der Waals surface area contributed by atoms with Crippen LogP contribution < -0.4 is 15.4 Å². The van der Waals surface area contributed by atoms with Crippen molar-refractivity contribution in [2.45, 2.75) is 38.3 Å². The van der Waals surface area contributed by atoms with Gasteiger partial charge in [-0.15, -0.1) is 11.3 Å². The zero-order valence-corrected chi connectivity index (χ0v) is 21.4. The molecule has 0 unspecified atom stereocenters. The van der Waals surface area contributed by atoms with Crippen LogP contribution in [0.25, 0.3) is 21.3 Å². The van der Waals surface area contributed by atoms with Gasteiger partial charge in [-0.3, -0.25) is 9.78 Å². The second-order valence-corrected chi connectivity index (χ2v) is 9.65. The lowest BCUT2D eigenvalue weighted by Gasteiger charge is -2.28. The molecule has 3 heterocycles. The molecule has 0 bridgehead atoms. The molecule has 0 radical (unpaired) electrons. The quantitative estimate of drug-likeness (QED) is 0.267. The SMILES string of the molecule is COc1ccc2nccc(NC(=O)C3CCC(NCc4ccc5scnc5c4)CC3)c2n1.O=C(O)C(=O)O. The number of anilines is 1. The molecular formula is C26H27N5O6S. The summed E-state index contributed by atoms with van der Waals surface area (Å²) in [5.41, 5.74) is 6.24. The van der Waals surface area contributed by atoms with E-state index in [2.05, 4.69) is 43.8 Å².